The molecule has 2 N–H and O–H groups in total. The van der Waals surface area contributed by atoms with E-state index < -0.39 is 11.7 Å². The normalized spacial score (nSPS) is 13.9. The topological polar surface area (TPSA) is 41.1 Å². The number of benzene rings is 1. The first-order valence-corrected chi connectivity index (χ1v) is 7.61. The Bertz CT molecular complexity index is 715. The van der Waals surface area contributed by atoms with E-state index >= 15 is 0 Å². The monoisotopic (exact) mass is 362 g/mol. The molecule has 1 amide bonds. The molecule has 23 heavy (non-hydrogen) atoms. The van der Waals surface area contributed by atoms with Crippen LogP contribution in [-0.4, -0.2) is 12.5 Å². The molecule has 1 aromatic carbocycles. The van der Waals surface area contributed by atoms with Crippen molar-refractivity contribution >= 4 is 35.3 Å². The van der Waals surface area contributed by atoms with Crippen LogP contribution in [0.15, 0.2) is 29.6 Å². The molecule has 0 radical (unpaired) electrons. The van der Waals surface area contributed by atoms with Gasteiger partial charge < -0.3 is 10.6 Å². The predicted octanol–water partition coefficient (Wildman–Crippen LogP) is 4.09. The summed E-state index contributed by atoms with van der Waals surface area (Å²) >= 11 is 1.49. The highest BCUT2D eigenvalue weighted by molar-refractivity contribution is 7.10. The molecule has 1 aliphatic heterocycles. The second kappa shape index (κ2) is 6.90. The lowest BCUT2D eigenvalue weighted by Gasteiger charge is -2.14. The van der Waals surface area contributed by atoms with Gasteiger partial charge in [-0.3, -0.25) is 4.79 Å². The first kappa shape index (κ1) is 17.8. The van der Waals surface area contributed by atoms with Gasteiger partial charge in [-0.15, -0.1) is 23.7 Å². The molecule has 2 aromatic rings. The standard InChI is InChI=1S/C15H13F3N2OS.ClH/c16-15(17,18)9-2-1-3-10(6-9)20-14(21)12-8-22-13-7-19-5-4-11(12)13;/h1-3,6,8,19H,4-5,7H2,(H,20,21);1H. The Balaban J connectivity index is 0.00000192. The Hall–Kier alpha value is -1.57. The first-order valence-electron chi connectivity index (χ1n) is 6.74. The summed E-state index contributed by atoms with van der Waals surface area (Å²) in [5.41, 5.74) is 0.919. The summed E-state index contributed by atoms with van der Waals surface area (Å²) in [4.78, 5) is 13.4. The van der Waals surface area contributed by atoms with Crippen molar-refractivity contribution in [2.24, 2.45) is 0 Å². The lowest BCUT2D eigenvalue weighted by molar-refractivity contribution is -0.137. The van der Waals surface area contributed by atoms with Gasteiger partial charge in [0.25, 0.3) is 5.91 Å². The molecule has 0 saturated heterocycles. The van der Waals surface area contributed by atoms with Gasteiger partial charge in [0, 0.05) is 22.5 Å². The molecular weight excluding hydrogens is 349 g/mol. The van der Waals surface area contributed by atoms with Crippen LogP contribution >= 0.6 is 23.7 Å². The molecule has 1 aliphatic rings. The number of amides is 1. The minimum absolute atomic E-state index is 0. The summed E-state index contributed by atoms with van der Waals surface area (Å²) in [7, 11) is 0. The molecule has 0 spiro atoms. The third kappa shape index (κ3) is 3.85. The molecule has 3 rings (SSSR count). The molecule has 0 atom stereocenters. The van der Waals surface area contributed by atoms with Gasteiger partial charge in [-0.25, -0.2) is 0 Å². The number of fused-ring (bicyclic) bond motifs is 1. The zero-order valence-electron chi connectivity index (χ0n) is 11.9. The average molecular weight is 363 g/mol. The number of hydrogen-bond acceptors (Lipinski definition) is 3. The molecule has 2 heterocycles. The number of carbonyl (C=O) groups is 1. The van der Waals surface area contributed by atoms with Gasteiger partial charge in [0.1, 0.15) is 0 Å². The second-order valence-electron chi connectivity index (χ2n) is 5.01. The summed E-state index contributed by atoms with van der Waals surface area (Å²) in [6.45, 7) is 1.53. The van der Waals surface area contributed by atoms with Crippen molar-refractivity contribution in [1.29, 1.82) is 0 Å². The molecule has 0 unspecified atom stereocenters. The highest BCUT2D eigenvalue weighted by atomic mass is 35.5. The van der Waals surface area contributed by atoms with Crippen LogP contribution in [-0.2, 0) is 19.1 Å². The quantitative estimate of drug-likeness (QED) is 0.845. The molecule has 0 fully saturated rings. The zero-order chi connectivity index (χ0) is 15.7. The van der Waals surface area contributed by atoms with Crippen molar-refractivity contribution in [3.05, 3.63) is 51.2 Å². The first-order chi connectivity index (χ1) is 10.4. The van der Waals surface area contributed by atoms with Crippen LogP contribution in [0.1, 0.15) is 26.4 Å². The van der Waals surface area contributed by atoms with E-state index in [0.717, 1.165) is 42.1 Å². The van der Waals surface area contributed by atoms with Crippen molar-refractivity contribution in [2.45, 2.75) is 19.1 Å². The van der Waals surface area contributed by atoms with Crippen molar-refractivity contribution in [3.63, 3.8) is 0 Å². The average Bonchev–Trinajstić information content (AvgIpc) is 2.90. The second-order valence-corrected chi connectivity index (χ2v) is 5.97. The van der Waals surface area contributed by atoms with E-state index in [0.29, 0.717) is 5.56 Å². The molecule has 124 valence electrons. The van der Waals surface area contributed by atoms with E-state index in [2.05, 4.69) is 10.6 Å². The number of alkyl halides is 3. The fourth-order valence-corrected chi connectivity index (χ4v) is 3.47. The van der Waals surface area contributed by atoms with E-state index in [-0.39, 0.29) is 24.0 Å². The fourth-order valence-electron chi connectivity index (χ4n) is 2.42. The maximum Gasteiger partial charge on any atom is 0.416 e. The summed E-state index contributed by atoms with van der Waals surface area (Å²) in [6, 6.07) is 4.66. The molecule has 3 nitrogen and oxygen atoms in total. The number of rotatable bonds is 2. The number of carbonyl (C=O) groups excluding carboxylic acids is 1. The Morgan fingerprint density at radius 3 is 2.83 bits per heavy atom. The highest BCUT2D eigenvalue weighted by Gasteiger charge is 2.30. The zero-order valence-corrected chi connectivity index (χ0v) is 13.5. The Morgan fingerprint density at radius 2 is 2.09 bits per heavy atom. The minimum atomic E-state index is -4.42. The van der Waals surface area contributed by atoms with Gasteiger partial charge in [0.15, 0.2) is 0 Å². The summed E-state index contributed by atoms with van der Waals surface area (Å²) in [6.07, 6.45) is -3.67. The smallest absolute Gasteiger partial charge is 0.322 e. The van der Waals surface area contributed by atoms with E-state index in [1.807, 2.05) is 0 Å². The van der Waals surface area contributed by atoms with Crippen LogP contribution in [0.4, 0.5) is 18.9 Å². The number of nitrogens with one attached hydrogen (secondary N) is 2. The third-order valence-corrected chi connectivity index (χ3v) is 4.54. The molecule has 0 saturated carbocycles. The summed E-state index contributed by atoms with van der Waals surface area (Å²) in [5, 5.41) is 7.54. The van der Waals surface area contributed by atoms with Crippen molar-refractivity contribution in [1.82, 2.24) is 5.32 Å². The van der Waals surface area contributed by atoms with Gasteiger partial charge in [-0.1, -0.05) is 6.07 Å². The summed E-state index contributed by atoms with van der Waals surface area (Å²) in [5.74, 6) is -0.362. The van der Waals surface area contributed by atoms with Crippen LogP contribution in [0, 0.1) is 0 Å². The van der Waals surface area contributed by atoms with Crippen LogP contribution in [0.2, 0.25) is 0 Å². The van der Waals surface area contributed by atoms with Gasteiger partial charge >= 0.3 is 6.18 Å². The van der Waals surface area contributed by atoms with E-state index in [9.17, 15) is 18.0 Å². The fraction of sp³-hybridized carbons (Fsp3) is 0.267. The van der Waals surface area contributed by atoms with Gasteiger partial charge in [-0.05, 0) is 36.7 Å². The maximum atomic E-state index is 12.7. The van der Waals surface area contributed by atoms with Gasteiger partial charge in [0.2, 0.25) is 0 Å². The molecule has 1 aromatic heterocycles. The van der Waals surface area contributed by atoms with Crippen LogP contribution in [0.25, 0.3) is 0 Å². The molecule has 0 bridgehead atoms. The Morgan fingerprint density at radius 1 is 1.30 bits per heavy atom. The number of hydrogen-bond donors (Lipinski definition) is 2. The largest absolute Gasteiger partial charge is 0.416 e. The molecular formula is C15H14ClF3N2OS. The Kier molecular flexibility index (Phi) is 5.33. The lowest BCUT2D eigenvalue weighted by Crippen LogP contribution is -2.24. The number of thiophene rings is 1. The van der Waals surface area contributed by atoms with Gasteiger partial charge in [-0.2, -0.15) is 13.2 Å². The van der Waals surface area contributed by atoms with Crippen molar-refractivity contribution in [2.75, 3.05) is 11.9 Å². The number of halogens is 4. The van der Waals surface area contributed by atoms with Crippen LogP contribution in [0.3, 0.4) is 0 Å². The Labute approximate surface area is 141 Å². The van der Waals surface area contributed by atoms with Gasteiger partial charge in [0.05, 0.1) is 11.1 Å². The predicted molar refractivity (Wildman–Crippen MR) is 86.4 cm³/mol. The van der Waals surface area contributed by atoms with E-state index in [1.165, 1.54) is 23.5 Å². The SMILES string of the molecule is Cl.O=C(Nc1cccc(C(F)(F)F)c1)c1csc2c1CCNC2. The third-order valence-electron chi connectivity index (χ3n) is 3.51. The molecule has 8 heteroatoms. The summed E-state index contributed by atoms with van der Waals surface area (Å²) < 4.78 is 38.1. The highest BCUT2D eigenvalue weighted by Crippen LogP contribution is 2.31. The van der Waals surface area contributed by atoms with Crippen LogP contribution < -0.4 is 10.6 Å². The van der Waals surface area contributed by atoms with Crippen LogP contribution in [0.5, 0.6) is 0 Å². The van der Waals surface area contributed by atoms with Crippen molar-refractivity contribution < 1.29 is 18.0 Å². The maximum absolute atomic E-state index is 12.7. The molecule has 0 aliphatic carbocycles. The minimum Gasteiger partial charge on any atom is -0.322 e. The lowest BCUT2D eigenvalue weighted by atomic mass is 10.0. The van der Waals surface area contributed by atoms with E-state index in [1.54, 1.807) is 5.38 Å². The van der Waals surface area contributed by atoms with Crippen molar-refractivity contribution in [3.8, 4) is 0 Å². The van der Waals surface area contributed by atoms with E-state index in [4.69, 9.17) is 0 Å². The number of anilines is 1.